The number of nitrogens with zero attached hydrogens (tertiary/aromatic N) is 1. The fraction of sp³-hybridized carbons (Fsp3) is 0.320. The first-order valence-electron chi connectivity index (χ1n) is 11.5. The van der Waals surface area contributed by atoms with E-state index in [1.165, 1.54) is 19.9 Å². The second kappa shape index (κ2) is 9.94. The molecular weight excluding hydrogens is 504 g/mol. The summed E-state index contributed by atoms with van der Waals surface area (Å²) in [5, 5.41) is 3.60. The van der Waals surface area contributed by atoms with Crippen LogP contribution in [0, 0.1) is 5.41 Å². The molecule has 0 atom stereocenters. The van der Waals surface area contributed by atoms with Gasteiger partial charge in [0.2, 0.25) is 11.8 Å². The van der Waals surface area contributed by atoms with E-state index in [9.17, 15) is 22.8 Å². The highest BCUT2D eigenvalue weighted by molar-refractivity contribution is 7.90. The van der Waals surface area contributed by atoms with Gasteiger partial charge in [0, 0.05) is 46.7 Å². The van der Waals surface area contributed by atoms with Crippen molar-refractivity contribution < 1.29 is 22.8 Å². The lowest BCUT2D eigenvalue weighted by Gasteiger charge is -2.27. The molecule has 3 N–H and O–H groups in total. The van der Waals surface area contributed by atoms with E-state index >= 15 is 0 Å². The molecule has 3 aromatic rings. The molecule has 1 aliphatic heterocycles. The standard InChI is InChI=1S/C25H27ClN4O5S/c1-25(2,24(33)29-36(34,35)21-13-17-6-9-18(26)14-20(17)28-21)15-27-23(32)16-7-10-19(11-8-16)30-12-4-3-5-22(30)31/h6-11,13-14,28H,3-5,12,15H2,1-2H3,(H,27,32)(H,29,33). The van der Waals surface area contributed by atoms with Crippen molar-refractivity contribution in [1.29, 1.82) is 0 Å². The SMILES string of the molecule is CC(C)(CNC(=O)c1ccc(N2CCCCC2=O)cc1)C(=O)NS(=O)(=O)c1cc2ccc(Cl)cc2[nH]1. The van der Waals surface area contributed by atoms with Crippen molar-refractivity contribution in [1.82, 2.24) is 15.0 Å². The van der Waals surface area contributed by atoms with Crippen LogP contribution in [-0.2, 0) is 19.6 Å². The van der Waals surface area contributed by atoms with Gasteiger partial charge in [-0.25, -0.2) is 4.72 Å². The first-order valence-corrected chi connectivity index (χ1v) is 13.4. The summed E-state index contributed by atoms with van der Waals surface area (Å²) >= 11 is 5.95. The normalized spacial score (nSPS) is 14.6. The molecule has 0 aliphatic carbocycles. The predicted octanol–water partition coefficient (Wildman–Crippen LogP) is 3.60. The number of rotatable bonds is 7. The van der Waals surface area contributed by atoms with Crippen LogP contribution < -0.4 is 14.9 Å². The van der Waals surface area contributed by atoms with Gasteiger partial charge in [0.1, 0.15) is 0 Å². The van der Waals surface area contributed by atoms with Crippen molar-refractivity contribution in [3.63, 3.8) is 0 Å². The van der Waals surface area contributed by atoms with Gasteiger partial charge in [0.15, 0.2) is 5.03 Å². The number of piperidine rings is 1. The summed E-state index contributed by atoms with van der Waals surface area (Å²) in [6, 6.07) is 13.0. The fourth-order valence-electron chi connectivity index (χ4n) is 3.89. The molecule has 0 spiro atoms. The second-order valence-electron chi connectivity index (χ2n) is 9.42. The van der Waals surface area contributed by atoms with Crippen LogP contribution in [0.4, 0.5) is 5.69 Å². The van der Waals surface area contributed by atoms with E-state index in [-0.39, 0.29) is 17.5 Å². The van der Waals surface area contributed by atoms with Crippen LogP contribution in [0.25, 0.3) is 10.9 Å². The van der Waals surface area contributed by atoms with Crippen LogP contribution in [0.1, 0.15) is 43.5 Å². The first-order chi connectivity index (χ1) is 17.0. The van der Waals surface area contributed by atoms with Crippen LogP contribution in [0.2, 0.25) is 5.02 Å². The molecule has 4 rings (SSSR count). The summed E-state index contributed by atoms with van der Waals surface area (Å²) in [5.41, 5.74) is 0.403. The van der Waals surface area contributed by atoms with Gasteiger partial charge >= 0.3 is 0 Å². The Morgan fingerprint density at radius 2 is 1.81 bits per heavy atom. The number of carbonyl (C=O) groups is 3. The lowest BCUT2D eigenvalue weighted by atomic mass is 9.92. The third-order valence-electron chi connectivity index (χ3n) is 6.15. The Bertz CT molecular complexity index is 1430. The highest BCUT2D eigenvalue weighted by Gasteiger charge is 2.32. The molecule has 0 bridgehead atoms. The summed E-state index contributed by atoms with van der Waals surface area (Å²) in [4.78, 5) is 42.0. The quantitative estimate of drug-likeness (QED) is 0.430. The Morgan fingerprint density at radius 3 is 2.50 bits per heavy atom. The van der Waals surface area contributed by atoms with E-state index < -0.39 is 27.3 Å². The van der Waals surface area contributed by atoms with Gasteiger partial charge in [-0.15, -0.1) is 0 Å². The number of nitrogens with one attached hydrogen (secondary N) is 3. The van der Waals surface area contributed by atoms with E-state index in [0.717, 1.165) is 18.5 Å². The van der Waals surface area contributed by atoms with E-state index in [1.54, 1.807) is 47.4 Å². The number of aromatic amines is 1. The zero-order valence-corrected chi connectivity index (χ0v) is 21.5. The first kappa shape index (κ1) is 25.7. The molecule has 1 aliphatic rings. The van der Waals surface area contributed by atoms with Gasteiger partial charge < -0.3 is 15.2 Å². The summed E-state index contributed by atoms with van der Waals surface area (Å²) < 4.78 is 27.6. The molecule has 3 amide bonds. The lowest BCUT2D eigenvalue weighted by molar-refractivity contribution is -0.127. The minimum absolute atomic E-state index is 0.0670. The summed E-state index contributed by atoms with van der Waals surface area (Å²) in [6.45, 7) is 3.63. The smallest absolute Gasteiger partial charge is 0.279 e. The minimum Gasteiger partial charge on any atom is -0.351 e. The Labute approximate surface area is 214 Å². The number of amides is 3. The maximum Gasteiger partial charge on any atom is 0.279 e. The number of hydrogen-bond acceptors (Lipinski definition) is 5. The summed E-state index contributed by atoms with van der Waals surface area (Å²) in [5.74, 6) is -1.11. The van der Waals surface area contributed by atoms with Crippen molar-refractivity contribution >= 4 is 55.9 Å². The topological polar surface area (TPSA) is 128 Å². The van der Waals surface area contributed by atoms with Gasteiger partial charge in [0.25, 0.3) is 15.9 Å². The van der Waals surface area contributed by atoms with Crippen molar-refractivity contribution in [2.75, 3.05) is 18.0 Å². The Kier molecular flexibility index (Phi) is 7.10. The number of carbonyl (C=O) groups excluding carboxylic acids is 3. The molecule has 1 saturated heterocycles. The molecular formula is C25H27ClN4O5S. The van der Waals surface area contributed by atoms with Gasteiger partial charge in [-0.2, -0.15) is 8.42 Å². The van der Waals surface area contributed by atoms with Crippen molar-refractivity contribution in [2.24, 2.45) is 5.41 Å². The molecule has 2 aromatic carbocycles. The zero-order valence-electron chi connectivity index (χ0n) is 19.9. The summed E-state index contributed by atoms with van der Waals surface area (Å²) in [6.07, 6.45) is 2.34. The number of anilines is 1. The van der Waals surface area contributed by atoms with Crippen LogP contribution in [0.3, 0.4) is 0 Å². The summed E-state index contributed by atoms with van der Waals surface area (Å²) in [7, 11) is -4.17. The van der Waals surface area contributed by atoms with Crippen molar-refractivity contribution in [3.8, 4) is 0 Å². The predicted molar refractivity (Wildman–Crippen MR) is 137 cm³/mol. The number of aromatic nitrogens is 1. The van der Waals surface area contributed by atoms with Crippen LogP contribution >= 0.6 is 11.6 Å². The van der Waals surface area contributed by atoms with Crippen molar-refractivity contribution in [2.45, 2.75) is 38.1 Å². The van der Waals surface area contributed by atoms with Crippen molar-refractivity contribution in [3.05, 3.63) is 59.1 Å². The maximum absolute atomic E-state index is 12.8. The Morgan fingerprint density at radius 1 is 1.08 bits per heavy atom. The molecule has 1 aromatic heterocycles. The van der Waals surface area contributed by atoms with Crippen LogP contribution in [-0.4, -0.2) is 44.2 Å². The molecule has 36 heavy (non-hydrogen) atoms. The van der Waals surface area contributed by atoms with Gasteiger partial charge in [0.05, 0.1) is 5.41 Å². The molecule has 2 heterocycles. The van der Waals surface area contributed by atoms with Gasteiger partial charge in [-0.3, -0.25) is 14.4 Å². The molecule has 0 radical (unpaired) electrons. The monoisotopic (exact) mass is 530 g/mol. The largest absolute Gasteiger partial charge is 0.351 e. The number of benzene rings is 2. The lowest BCUT2D eigenvalue weighted by Crippen LogP contribution is -2.46. The highest BCUT2D eigenvalue weighted by atomic mass is 35.5. The van der Waals surface area contributed by atoms with Crippen LogP contribution in [0.15, 0.2) is 53.6 Å². The fourth-order valence-corrected chi connectivity index (χ4v) is 5.22. The molecule has 0 unspecified atom stereocenters. The van der Waals surface area contributed by atoms with E-state index in [0.29, 0.717) is 34.5 Å². The number of H-pyrrole nitrogens is 1. The molecule has 11 heteroatoms. The Balaban J connectivity index is 1.37. The third-order valence-corrected chi connectivity index (χ3v) is 7.63. The second-order valence-corrected chi connectivity index (χ2v) is 11.5. The number of halogens is 1. The van der Waals surface area contributed by atoms with E-state index in [4.69, 9.17) is 11.6 Å². The zero-order chi connectivity index (χ0) is 26.1. The van der Waals surface area contributed by atoms with E-state index in [1.807, 2.05) is 0 Å². The average molecular weight is 531 g/mol. The number of sulfonamides is 1. The van der Waals surface area contributed by atoms with Gasteiger partial charge in [-0.1, -0.05) is 17.7 Å². The average Bonchev–Trinajstić information content (AvgIpc) is 3.27. The van der Waals surface area contributed by atoms with E-state index in [2.05, 4.69) is 15.0 Å². The Hall–Kier alpha value is -3.37. The molecule has 1 fully saturated rings. The van der Waals surface area contributed by atoms with Crippen LogP contribution in [0.5, 0.6) is 0 Å². The minimum atomic E-state index is -4.17. The third kappa shape index (κ3) is 5.55. The highest BCUT2D eigenvalue weighted by Crippen LogP contribution is 2.24. The number of fused-ring (bicyclic) bond motifs is 1. The molecule has 9 nitrogen and oxygen atoms in total. The maximum atomic E-state index is 12.8. The van der Waals surface area contributed by atoms with Gasteiger partial charge in [-0.05, 0) is 69.2 Å². The number of hydrogen-bond donors (Lipinski definition) is 3. The molecule has 0 saturated carbocycles. The molecule has 190 valence electrons.